The first kappa shape index (κ1) is 19.5. The summed E-state index contributed by atoms with van der Waals surface area (Å²) in [4.78, 5) is 4.26. The van der Waals surface area contributed by atoms with Gasteiger partial charge in [0.15, 0.2) is 5.11 Å². The van der Waals surface area contributed by atoms with Crippen LogP contribution in [0.1, 0.15) is 25.0 Å². The summed E-state index contributed by atoms with van der Waals surface area (Å²) in [5.41, 5.74) is 4.37. The molecule has 0 radical (unpaired) electrons. The van der Waals surface area contributed by atoms with Crippen molar-refractivity contribution in [1.82, 2.24) is 4.90 Å². The van der Waals surface area contributed by atoms with Crippen molar-refractivity contribution in [2.45, 2.75) is 33.4 Å². The summed E-state index contributed by atoms with van der Waals surface area (Å²) in [7, 11) is 4.08. The van der Waals surface area contributed by atoms with Crippen LogP contribution >= 0.6 is 23.8 Å². The summed E-state index contributed by atoms with van der Waals surface area (Å²) in [6.07, 6.45) is 0. The predicted molar refractivity (Wildman–Crippen MR) is 114 cm³/mol. The van der Waals surface area contributed by atoms with Crippen LogP contribution in [-0.2, 0) is 6.54 Å². The molecule has 0 atom stereocenters. The lowest BCUT2D eigenvalue weighted by Gasteiger charge is -2.30. The van der Waals surface area contributed by atoms with Gasteiger partial charge in [0, 0.05) is 32.4 Å². The van der Waals surface area contributed by atoms with Gasteiger partial charge in [-0.2, -0.15) is 0 Å². The Bertz CT molecular complexity index is 726. The Balaban J connectivity index is 2.12. The summed E-state index contributed by atoms with van der Waals surface area (Å²) in [5, 5.41) is 4.65. The molecule has 0 fully saturated rings. The van der Waals surface area contributed by atoms with E-state index in [0.29, 0.717) is 10.1 Å². The molecule has 0 amide bonds. The molecular formula is C20H26ClN3S. The average molecular weight is 376 g/mol. The van der Waals surface area contributed by atoms with Crippen molar-refractivity contribution in [3.8, 4) is 0 Å². The van der Waals surface area contributed by atoms with E-state index in [1.54, 1.807) is 0 Å². The number of halogens is 1. The number of benzene rings is 2. The van der Waals surface area contributed by atoms with Crippen molar-refractivity contribution >= 4 is 40.3 Å². The highest BCUT2D eigenvalue weighted by Crippen LogP contribution is 2.24. The molecule has 0 spiro atoms. The maximum atomic E-state index is 6.32. The molecule has 0 saturated carbocycles. The molecule has 3 nitrogen and oxygen atoms in total. The van der Waals surface area contributed by atoms with Crippen molar-refractivity contribution in [3.05, 3.63) is 58.6 Å². The summed E-state index contributed by atoms with van der Waals surface area (Å²) in [6.45, 7) is 7.05. The lowest BCUT2D eigenvalue weighted by molar-refractivity contribution is 0.348. The zero-order valence-corrected chi connectivity index (χ0v) is 17.1. The van der Waals surface area contributed by atoms with Crippen LogP contribution in [0, 0.1) is 6.92 Å². The van der Waals surface area contributed by atoms with Gasteiger partial charge in [-0.25, -0.2) is 0 Å². The molecular weight excluding hydrogens is 350 g/mol. The zero-order valence-electron chi connectivity index (χ0n) is 15.5. The molecule has 1 N–H and O–H groups in total. The Labute approximate surface area is 161 Å². The number of anilines is 2. The van der Waals surface area contributed by atoms with Crippen LogP contribution < -0.4 is 10.2 Å². The van der Waals surface area contributed by atoms with Crippen LogP contribution in [0.4, 0.5) is 11.4 Å². The second-order valence-electron chi connectivity index (χ2n) is 6.70. The molecule has 25 heavy (non-hydrogen) atoms. The zero-order chi connectivity index (χ0) is 18.6. The molecule has 5 heteroatoms. The number of nitrogens with zero attached hydrogens (tertiary/aromatic N) is 2. The molecule has 0 aromatic heterocycles. The van der Waals surface area contributed by atoms with E-state index < -0.39 is 0 Å². The molecule has 0 aliphatic heterocycles. The number of nitrogens with one attached hydrogen (secondary N) is 1. The van der Waals surface area contributed by atoms with Gasteiger partial charge >= 0.3 is 0 Å². The number of thiocarbonyl (C=S) groups is 1. The van der Waals surface area contributed by atoms with Gasteiger partial charge in [-0.15, -0.1) is 0 Å². The Hall–Kier alpha value is -1.78. The van der Waals surface area contributed by atoms with E-state index in [4.69, 9.17) is 23.8 Å². The van der Waals surface area contributed by atoms with E-state index >= 15 is 0 Å². The highest BCUT2D eigenvalue weighted by Gasteiger charge is 2.15. The van der Waals surface area contributed by atoms with E-state index in [9.17, 15) is 0 Å². The largest absolute Gasteiger partial charge is 0.378 e. The van der Waals surface area contributed by atoms with E-state index in [0.717, 1.165) is 17.8 Å². The van der Waals surface area contributed by atoms with E-state index in [1.165, 1.54) is 11.3 Å². The molecule has 0 aliphatic carbocycles. The van der Waals surface area contributed by atoms with Gasteiger partial charge in [-0.05, 0) is 68.4 Å². The quantitative estimate of drug-likeness (QED) is 0.712. The molecule has 134 valence electrons. The standard InChI is InChI=1S/C20H26ClN3S/c1-14(2)24(13-16-7-9-17(10-8-16)23(4)5)20(25)22-19-11-6-15(3)12-18(19)21/h6-12,14H,13H2,1-5H3,(H,22,25). The summed E-state index contributed by atoms with van der Waals surface area (Å²) >= 11 is 12.0. The molecule has 0 aliphatic rings. The number of aryl methyl sites for hydroxylation is 1. The van der Waals surface area contributed by atoms with Crippen LogP contribution in [-0.4, -0.2) is 30.1 Å². The fourth-order valence-corrected chi connectivity index (χ4v) is 3.16. The minimum atomic E-state index is 0.276. The van der Waals surface area contributed by atoms with Crippen molar-refractivity contribution in [2.24, 2.45) is 0 Å². The highest BCUT2D eigenvalue weighted by molar-refractivity contribution is 7.80. The van der Waals surface area contributed by atoms with E-state index in [2.05, 4.69) is 53.2 Å². The van der Waals surface area contributed by atoms with E-state index in [1.807, 2.05) is 39.2 Å². The van der Waals surface area contributed by atoms with E-state index in [-0.39, 0.29) is 6.04 Å². The highest BCUT2D eigenvalue weighted by atomic mass is 35.5. The fraction of sp³-hybridized carbons (Fsp3) is 0.350. The second kappa shape index (κ2) is 8.54. The molecule has 0 unspecified atom stereocenters. The van der Waals surface area contributed by atoms with Gasteiger partial charge in [0.25, 0.3) is 0 Å². The second-order valence-corrected chi connectivity index (χ2v) is 7.49. The minimum Gasteiger partial charge on any atom is -0.378 e. The lowest BCUT2D eigenvalue weighted by Crippen LogP contribution is -2.39. The summed E-state index contributed by atoms with van der Waals surface area (Å²) < 4.78 is 0. The predicted octanol–water partition coefficient (Wildman–Crippen LogP) is 5.32. The summed E-state index contributed by atoms with van der Waals surface area (Å²) in [5.74, 6) is 0. The Morgan fingerprint density at radius 2 is 1.76 bits per heavy atom. The maximum Gasteiger partial charge on any atom is 0.173 e. The van der Waals surface area contributed by atoms with Gasteiger partial charge in [0.2, 0.25) is 0 Å². The molecule has 2 aromatic carbocycles. The molecule has 2 aromatic rings. The summed E-state index contributed by atoms with van der Waals surface area (Å²) in [6, 6.07) is 14.7. The van der Waals surface area contributed by atoms with Crippen LogP contribution in [0.2, 0.25) is 5.02 Å². The third-order valence-electron chi connectivity index (χ3n) is 4.06. The van der Waals surface area contributed by atoms with Gasteiger partial charge in [0.05, 0.1) is 10.7 Å². The minimum absolute atomic E-state index is 0.276. The van der Waals surface area contributed by atoms with Gasteiger partial charge < -0.3 is 15.1 Å². The maximum absolute atomic E-state index is 6.32. The van der Waals surface area contributed by atoms with Gasteiger partial charge in [-0.1, -0.05) is 29.8 Å². The molecule has 0 saturated heterocycles. The van der Waals surface area contributed by atoms with Crippen LogP contribution in [0.3, 0.4) is 0 Å². The average Bonchev–Trinajstić information content (AvgIpc) is 2.55. The number of hydrogen-bond donors (Lipinski definition) is 1. The Morgan fingerprint density at radius 1 is 1.12 bits per heavy atom. The third kappa shape index (κ3) is 5.35. The smallest absolute Gasteiger partial charge is 0.173 e. The first-order valence-corrected chi connectivity index (χ1v) is 9.16. The Kier molecular flexibility index (Phi) is 6.68. The van der Waals surface area contributed by atoms with Gasteiger partial charge in [0.1, 0.15) is 0 Å². The number of hydrogen-bond acceptors (Lipinski definition) is 2. The molecule has 0 bridgehead atoms. The van der Waals surface area contributed by atoms with Crippen molar-refractivity contribution < 1.29 is 0 Å². The van der Waals surface area contributed by atoms with Crippen molar-refractivity contribution in [1.29, 1.82) is 0 Å². The van der Waals surface area contributed by atoms with Crippen LogP contribution in [0.15, 0.2) is 42.5 Å². The van der Waals surface area contributed by atoms with Crippen molar-refractivity contribution in [2.75, 3.05) is 24.3 Å². The Morgan fingerprint density at radius 3 is 2.28 bits per heavy atom. The fourth-order valence-electron chi connectivity index (χ4n) is 2.49. The van der Waals surface area contributed by atoms with Gasteiger partial charge in [-0.3, -0.25) is 0 Å². The molecule has 2 rings (SSSR count). The first-order valence-electron chi connectivity index (χ1n) is 8.38. The van der Waals surface area contributed by atoms with Crippen LogP contribution in [0.5, 0.6) is 0 Å². The third-order valence-corrected chi connectivity index (χ3v) is 4.71. The lowest BCUT2D eigenvalue weighted by atomic mass is 10.1. The number of rotatable bonds is 5. The normalized spacial score (nSPS) is 10.7. The van der Waals surface area contributed by atoms with Crippen molar-refractivity contribution in [3.63, 3.8) is 0 Å². The monoisotopic (exact) mass is 375 g/mol. The molecule has 0 heterocycles. The van der Waals surface area contributed by atoms with Crippen LogP contribution in [0.25, 0.3) is 0 Å². The SMILES string of the molecule is Cc1ccc(NC(=S)N(Cc2ccc(N(C)C)cc2)C(C)C)c(Cl)c1. The topological polar surface area (TPSA) is 18.5 Å². The first-order chi connectivity index (χ1) is 11.8.